The summed E-state index contributed by atoms with van der Waals surface area (Å²) in [4.78, 5) is 23.1. The summed E-state index contributed by atoms with van der Waals surface area (Å²) >= 11 is 0. The fourth-order valence-electron chi connectivity index (χ4n) is 1.90. The standard InChI is InChI=1S/C14H16N4O3/c1-8-4-6-11(7-5-8)15-13(19)10(3)18-9(2)12(14(20)21)16-17-18/h4-7,10H,1-3H3,(H,15,19)(H,20,21). The van der Waals surface area contributed by atoms with Gasteiger partial charge in [0.15, 0.2) is 5.69 Å². The summed E-state index contributed by atoms with van der Waals surface area (Å²) in [5, 5.41) is 19.0. The van der Waals surface area contributed by atoms with Gasteiger partial charge in [0.1, 0.15) is 6.04 Å². The van der Waals surface area contributed by atoms with E-state index in [1.54, 1.807) is 26.0 Å². The van der Waals surface area contributed by atoms with Gasteiger partial charge in [-0.2, -0.15) is 0 Å². The number of carboxylic acids is 1. The highest BCUT2D eigenvalue weighted by atomic mass is 16.4. The van der Waals surface area contributed by atoms with Crippen molar-refractivity contribution < 1.29 is 14.7 Å². The lowest BCUT2D eigenvalue weighted by atomic mass is 10.2. The first-order valence-electron chi connectivity index (χ1n) is 6.42. The third-order valence-electron chi connectivity index (χ3n) is 3.20. The maximum atomic E-state index is 12.2. The van der Waals surface area contributed by atoms with Crippen molar-refractivity contribution in [1.29, 1.82) is 0 Å². The normalized spacial score (nSPS) is 12.0. The third kappa shape index (κ3) is 3.07. The van der Waals surface area contributed by atoms with E-state index in [-0.39, 0.29) is 11.6 Å². The SMILES string of the molecule is Cc1ccc(NC(=O)C(C)n2nnc(C(=O)O)c2C)cc1. The van der Waals surface area contributed by atoms with Gasteiger partial charge in [-0.05, 0) is 32.9 Å². The molecule has 1 aromatic carbocycles. The molecule has 0 spiro atoms. The number of aryl methyl sites for hydroxylation is 1. The summed E-state index contributed by atoms with van der Waals surface area (Å²) in [6.45, 7) is 5.16. The number of amides is 1. The molecule has 110 valence electrons. The van der Waals surface area contributed by atoms with Crippen LogP contribution in [0.3, 0.4) is 0 Å². The second-order valence-corrected chi connectivity index (χ2v) is 4.80. The van der Waals surface area contributed by atoms with Gasteiger partial charge in [0, 0.05) is 5.69 Å². The number of hydrogen-bond donors (Lipinski definition) is 2. The largest absolute Gasteiger partial charge is 0.476 e. The van der Waals surface area contributed by atoms with E-state index in [0.717, 1.165) is 5.56 Å². The Morgan fingerprint density at radius 3 is 2.38 bits per heavy atom. The molecule has 7 heteroatoms. The highest BCUT2D eigenvalue weighted by molar-refractivity contribution is 5.93. The number of anilines is 1. The van der Waals surface area contributed by atoms with Crippen molar-refractivity contribution in [3.05, 3.63) is 41.2 Å². The van der Waals surface area contributed by atoms with E-state index >= 15 is 0 Å². The van der Waals surface area contributed by atoms with Gasteiger partial charge in [-0.15, -0.1) is 5.10 Å². The number of carboxylic acid groups (broad SMARTS) is 1. The number of rotatable bonds is 4. The second-order valence-electron chi connectivity index (χ2n) is 4.80. The molecule has 2 rings (SSSR count). The van der Waals surface area contributed by atoms with E-state index in [1.165, 1.54) is 4.68 Å². The maximum Gasteiger partial charge on any atom is 0.358 e. The van der Waals surface area contributed by atoms with Gasteiger partial charge in [0.05, 0.1) is 5.69 Å². The van der Waals surface area contributed by atoms with Crippen molar-refractivity contribution >= 4 is 17.6 Å². The summed E-state index contributed by atoms with van der Waals surface area (Å²) in [5.74, 6) is -1.45. The number of nitrogens with zero attached hydrogens (tertiary/aromatic N) is 3. The molecule has 2 aromatic rings. The summed E-state index contributed by atoms with van der Waals surface area (Å²) in [6, 6.07) is 6.73. The lowest BCUT2D eigenvalue weighted by Gasteiger charge is -2.13. The van der Waals surface area contributed by atoms with Crippen LogP contribution in [0, 0.1) is 13.8 Å². The van der Waals surface area contributed by atoms with Gasteiger partial charge >= 0.3 is 5.97 Å². The van der Waals surface area contributed by atoms with E-state index < -0.39 is 12.0 Å². The van der Waals surface area contributed by atoms with Crippen LogP contribution in [-0.2, 0) is 4.79 Å². The minimum atomic E-state index is -1.16. The fraction of sp³-hybridized carbons (Fsp3) is 0.286. The highest BCUT2D eigenvalue weighted by Crippen LogP contribution is 2.15. The molecular weight excluding hydrogens is 272 g/mol. The first kappa shape index (κ1) is 14.7. The van der Waals surface area contributed by atoms with Crippen LogP contribution < -0.4 is 5.32 Å². The van der Waals surface area contributed by atoms with Crippen molar-refractivity contribution in [1.82, 2.24) is 15.0 Å². The molecule has 0 aliphatic rings. The fourth-order valence-corrected chi connectivity index (χ4v) is 1.90. The van der Waals surface area contributed by atoms with E-state index in [9.17, 15) is 9.59 Å². The van der Waals surface area contributed by atoms with Gasteiger partial charge in [0.2, 0.25) is 5.91 Å². The number of hydrogen-bond acceptors (Lipinski definition) is 4. The number of aromatic nitrogens is 3. The summed E-state index contributed by atoms with van der Waals surface area (Å²) in [7, 11) is 0. The van der Waals surface area contributed by atoms with Gasteiger partial charge in [-0.25, -0.2) is 9.48 Å². The zero-order valence-corrected chi connectivity index (χ0v) is 12.0. The maximum absolute atomic E-state index is 12.2. The Bertz CT molecular complexity index is 676. The first-order chi connectivity index (χ1) is 9.90. The molecule has 1 atom stereocenters. The molecule has 0 radical (unpaired) electrons. The van der Waals surface area contributed by atoms with Crippen LogP contribution in [0.4, 0.5) is 5.69 Å². The van der Waals surface area contributed by atoms with Gasteiger partial charge < -0.3 is 10.4 Å². The Hall–Kier alpha value is -2.70. The van der Waals surface area contributed by atoms with Gasteiger partial charge in [-0.3, -0.25) is 4.79 Å². The van der Waals surface area contributed by atoms with Gasteiger partial charge in [-0.1, -0.05) is 22.9 Å². The predicted octanol–water partition coefficient (Wildman–Crippen LogP) is 1.79. The van der Waals surface area contributed by atoms with Crippen LogP contribution in [0.2, 0.25) is 0 Å². The van der Waals surface area contributed by atoms with Crippen molar-refractivity contribution in [2.75, 3.05) is 5.32 Å². The first-order valence-corrected chi connectivity index (χ1v) is 6.42. The average molecular weight is 288 g/mol. The minimum Gasteiger partial charge on any atom is -0.476 e. The highest BCUT2D eigenvalue weighted by Gasteiger charge is 2.22. The molecule has 0 saturated carbocycles. The van der Waals surface area contributed by atoms with Crippen LogP contribution in [-0.4, -0.2) is 32.0 Å². The lowest BCUT2D eigenvalue weighted by Crippen LogP contribution is -2.25. The summed E-state index contributed by atoms with van der Waals surface area (Å²) < 4.78 is 1.30. The van der Waals surface area contributed by atoms with Crippen molar-refractivity contribution in [3.8, 4) is 0 Å². The van der Waals surface area contributed by atoms with Crippen LogP contribution >= 0.6 is 0 Å². The van der Waals surface area contributed by atoms with Crippen molar-refractivity contribution in [3.63, 3.8) is 0 Å². The Kier molecular flexibility index (Phi) is 4.02. The van der Waals surface area contributed by atoms with Crippen LogP contribution in [0.15, 0.2) is 24.3 Å². The number of carbonyl (C=O) groups excluding carboxylic acids is 1. The van der Waals surface area contributed by atoms with E-state index in [2.05, 4.69) is 15.6 Å². The van der Waals surface area contributed by atoms with E-state index in [0.29, 0.717) is 11.4 Å². The summed E-state index contributed by atoms with van der Waals surface area (Å²) in [6.07, 6.45) is 0. The molecule has 0 aliphatic heterocycles. The zero-order valence-electron chi connectivity index (χ0n) is 12.0. The number of carbonyl (C=O) groups is 2. The molecule has 0 saturated heterocycles. The van der Waals surface area contributed by atoms with Crippen molar-refractivity contribution in [2.24, 2.45) is 0 Å². The molecule has 2 N–H and O–H groups in total. The van der Waals surface area contributed by atoms with E-state index in [1.807, 2.05) is 19.1 Å². The molecular formula is C14H16N4O3. The Labute approximate surface area is 121 Å². The monoisotopic (exact) mass is 288 g/mol. The Balaban J connectivity index is 2.16. The Morgan fingerprint density at radius 1 is 1.24 bits per heavy atom. The quantitative estimate of drug-likeness (QED) is 0.894. The molecule has 0 fully saturated rings. The molecule has 1 heterocycles. The minimum absolute atomic E-state index is 0.148. The molecule has 0 aliphatic carbocycles. The molecule has 1 unspecified atom stereocenters. The van der Waals surface area contributed by atoms with Gasteiger partial charge in [0.25, 0.3) is 0 Å². The Morgan fingerprint density at radius 2 is 1.86 bits per heavy atom. The third-order valence-corrected chi connectivity index (χ3v) is 3.20. The summed E-state index contributed by atoms with van der Waals surface area (Å²) in [5.41, 5.74) is 1.96. The smallest absolute Gasteiger partial charge is 0.358 e. The predicted molar refractivity (Wildman–Crippen MR) is 76.2 cm³/mol. The molecule has 7 nitrogen and oxygen atoms in total. The topological polar surface area (TPSA) is 97.1 Å². The molecule has 21 heavy (non-hydrogen) atoms. The zero-order chi connectivity index (χ0) is 15.6. The van der Waals surface area contributed by atoms with E-state index in [4.69, 9.17) is 5.11 Å². The second kappa shape index (κ2) is 5.74. The van der Waals surface area contributed by atoms with Crippen molar-refractivity contribution in [2.45, 2.75) is 26.8 Å². The molecule has 1 aromatic heterocycles. The lowest BCUT2D eigenvalue weighted by molar-refractivity contribution is -0.119. The molecule has 0 bridgehead atoms. The molecule has 1 amide bonds. The van der Waals surface area contributed by atoms with Crippen LogP contribution in [0.1, 0.15) is 34.7 Å². The average Bonchev–Trinajstić information content (AvgIpc) is 2.82. The number of nitrogens with one attached hydrogen (secondary N) is 1. The van der Waals surface area contributed by atoms with Crippen LogP contribution in [0.25, 0.3) is 0 Å². The number of benzene rings is 1. The number of aromatic carboxylic acids is 1. The van der Waals surface area contributed by atoms with Crippen LogP contribution in [0.5, 0.6) is 0 Å².